The zero-order valence-corrected chi connectivity index (χ0v) is 15.1. The first-order valence-corrected chi connectivity index (χ1v) is 10.1. The van der Waals surface area contributed by atoms with Crippen molar-refractivity contribution in [2.45, 2.75) is 57.6 Å². The van der Waals surface area contributed by atoms with Crippen LogP contribution in [0.3, 0.4) is 0 Å². The third-order valence-electron chi connectivity index (χ3n) is 9.68. The highest BCUT2D eigenvalue weighted by atomic mass is 16.3. The molecule has 1 N–H and O–H groups in total. The van der Waals surface area contributed by atoms with Crippen LogP contribution in [-0.2, 0) is 9.59 Å². The van der Waals surface area contributed by atoms with E-state index in [1.54, 1.807) is 6.08 Å². The van der Waals surface area contributed by atoms with Gasteiger partial charge >= 0.3 is 0 Å². The van der Waals surface area contributed by atoms with Crippen LogP contribution in [0.15, 0.2) is 11.6 Å². The van der Waals surface area contributed by atoms with Gasteiger partial charge in [-0.15, -0.1) is 0 Å². The summed E-state index contributed by atoms with van der Waals surface area (Å²) >= 11 is 0. The van der Waals surface area contributed by atoms with Crippen molar-refractivity contribution in [2.24, 2.45) is 34.5 Å². The Morgan fingerprint density at radius 2 is 2.04 bits per heavy atom. The van der Waals surface area contributed by atoms with Crippen LogP contribution in [-0.4, -0.2) is 46.3 Å². The molecule has 2 aliphatic heterocycles. The van der Waals surface area contributed by atoms with Crippen LogP contribution in [0.25, 0.3) is 0 Å². The van der Waals surface area contributed by atoms with E-state index in [0.717, 1.165) is 50.8 Å². The summed E-state index contributed by atoms with van der Waals surface area (Å²) in [7, 11) is 0. The molecule has 1 spiro atoms. The van der Waals surface area contributed by atoms with E-state index in [0.29, 0.717) is 23.7 Å². The van der Waals surface area contributed by atoms with E-state index in [-0.39, 0.29) is 23.0 Å². The third-order valence-corrected chi connectivity index (χ3v) is 9.68. The Bertz CT molecular complexity index is 758. The highest BCUT2D eigenvalue weighted by Gasteiger charge is 2.81. The Morgan fingerprint density at radius 3 is 2.84 bits per heavy atom. The lowest BCUT2D eigenvalue weighted by Gasteiger charge is -2.62. The number of rotatable bonds is 0. The van der Waals surface area contributed by atoms with Gasteiger partial charge < -0.3 is 5.11 Å². The number of aliphatic hydroxyl groups is 1. The highest BCUT2D eigenvalue weighted by Crippen LogP contribution is 2.75. The number of fused-ring (bicyclic) bond motifs is 1. The largest absolute Gasteiger partial charge is 0.384 e. The van der Waals surface area contributed by atoms with Gasteiger partial charge in [-0.1, -0.05) is 13.8 Å². The Kier molecular flexibility index (Phi) is 2.49. The van der Waals surface area contributed by atoms with Crippen LogP contribution in [0.2, 0.25) is 0 Å². The molecule has 0 aromatic carbocycles. The lowest BCUT2D eigenvalue weighted by molar-refractivity contribution is -0.195. The Hall–Kier alpha value is -1.00. The van der Waals surface area contributed by atoms with Gasteiger partial charge in [0.15, 0.2) is 5.78 Å². The number of Topliss-reactive ketones (excluding diaryl/α,β-unsaturated/α-hetero) is 1. The Balaban J connectivity index is 1.68. The van der Waals surface area contributed by atoms with Crippen molar-refractivity contribution < 1.29 is 14.7 Å². The Morgan fingerprint density at radius 1 is 1.24 bits per heavy atom. The van der Waals surface area contributed by atoms with Crippen molar-refractivity contribution in [3.05, 3.63) is 11.6 Å². The summed E-state index contributed by atoms with van der Waals surface area (Å²) in [6.45, 7) is 6.58. The van der Waals surface area contributed by atoms with Crippen molar-refractivity contribution in [1.82, 2.24) is 4.90 Å². The summed E-state index contributed by atoms with van der Waals surface area (Å²) in [5.41, 5.74) is -1.25. The zero-order chi connectivity index (χ0) is 17.4. The number of nitrogens with zero attached hydrogens (tertiary/aromatic N) is 1. The summed E-state index contributed by atoms with van der Waals surface area (Å²) in [6, 6.07) is 0.397. The maximum absolute atomic E-state index is 14.0. The molecule has 0 aromatic heterocycles. The lowest BCUT2D eigenvalue weighted by atomic mass is 9.43. The molecule has 6 aliphatic rings. The lowest BCUT2D eigenvalue weighted by Crippen LogP contribution is -2.71. The van der Waals surface area contributed by atoms with Crippen molar-refractivity contribution >= 4 is 11.6 Å². The molecule has 8 atom stereocenters. The van der Waals surface area contributed by atoms with Gasteiger partial charge in [0.2, 0.25) is 0 Å². The van der Waals surface area contributed by atoms with Gasteiger partial charge in [-0.2, -0.15) is 0 Å². The Labute approximate surface area is 148 Å². The summed E-state index contributed by atoms with van der Waals surface area (Å²) in [4.78, 5) is 29.4. The smallest absolute Gasteiger partial charge is 0.162 e. The minimum atomic E-state index is -1.20. The molecule has 5 fully saturated rings. The number of hydrogen-bond donors (Lipinski definition) is 1. The summed E-state index contributed by atoms with van der Waals surface area (Å²) < 4.78 is 0. The van der Waals surface area contributed by atoms with Crippen molar-refractivity contribution in [1.29, 1.82) is 0 Å². The van der Waals surface area contributed by atoms with Crippen molar-refractivity contribution in [3.8, 4) is 0 Å². The van der Waals surface area contributed by atoms with E-state index in [1.165, 1.54) is 0 Å². The van der Waals surface area contributed by atoms with Crippen molar-refractivity contribution in [3.63, 3.8) is 0 Å². The zero-order valence-electron chi connectivity index (χ0n) is 15.1. The number of carbonyl (C=O) groups is 2. The molecule has 4 aliphatic carbocycles. The van der Waals surface area contributed by atoms with Crippen LogP contribution in [0, 0.1) is 34.5 Å². The topological polar surface area (TPSA) is 57.6 Å². The molecular weight excluding hydrogens is 314 g/mol. The van der Waals surface area contributed by atoms with E-state index in [2.05, 4.69) is 18.7 Å². The molecule has 3 saturated carbocycles. The van der Waals surface area contributed by atoms with Gasteiger partial charge in [-0.05, 0) is 55.6 Å². The maximum Gasteiger partial charge on any atom is 0.162 e. The predicted octanol–water partition coefficient (Wildman–Crippen LogP) is 1.96. The number of hydrogen-bond acceptors (Lipinski definition) is 4. The van der Waals surface area contributed by atoms with Gasteiger partial charge in [0.1, 0.15) is 11.4 Å². The average molecular weight is 341 g/mol. The predicted molar refractivity (Wildman–Crippen MR) is 91.7 cm³/mol. The average Bonchev–Trinajstić information content (AvgIpc) is 3.07. The first kappa shape index (κ1) is 15.1. The monoisotopic (exact) mass is 341 g/mol. The molecule has 2 heterocycles. The fourth-order valence-corrected chi connectivity index (χ4v) is 8.66. The second-order valence-corrected chi connectivity index (χ2v) is 10.0. The minimum Gasteiger partial charge on any atom is -0.384 e. The maximum atomic E-state index is 14.0. The number of allylic oxidation sites excluding steroid dienone is 1. The van der Waals surface area contributed by atoms with Crippen LogP contribution in [0.4, 0.5) is 0 Å². The quantitative estimate of drug-likeness (QED) is 0.732. The van der Waals surface area contributed by atoms with E-state index in [1.807, 2.05) is 0 Å². The van der Waals surface area contributed by atoms with Crippen LogP contribution in [0.5, 0.6) is 0 Å². The SMILES string of the molecule is C[C@@H]1CN2C[C@H]3CC[C@@H]4C(=O)C=C5CC[C@]6(C(=O)[C@@H]1C[C@H]2[C@@]36C)[C@@]54O. The molecule has 2 bridgehead atoms. The summed E-state index contributed by atoms with van der Waals surface area (Å²) in [6.07, 6.45) is 5.85. The molecule has 0 amide bonds. The van der Waals surface area contributed by atoms with E-state index < -0.39 is 11.0 Å². The molecule has 0 unspecified atom stereocenters. The summed E-state index contributed by atoms with van der Waals surface area (Å²) in [5, 5.41) is 12.1. The molecule has 134 valence electrons. The van der Waals surface area contributed by atoms with Gasteiger partial charge in [-0.25, -0.2) is 0 Å². The highest BCUT2D eigenvalue weighted by molar-refractivity contribution is 6.02. The first-order valence-electron chi connectivity index (χ1n) is 10.1. The van der Waals surface area contributed by atoms with E-state index in [4.69, 9.17) is 0 Å². The third kappa shape index (κ3) is 1.25. The summed E-state index contributed by atoms with van der Waals surface area (Å²) in [5.74, 6) is 0.848. The minimum absolute atomic E-state index is 0.0610. The molecular formula is C21H27NO3. The van der Waals surface area contributed by atoms with Crippen LogP contribution in [0.1, 0.15) is 46.0 Å². The second-order valence-electron chi connectivity index (χ2n) is 10.0. The fraction of sp³-hybridized carbons (Fsp3) is 0.810. The molecule has 2 saturated heterocycles. The van der Waals surface area contributed by atoms with Gasteiger partial charge in [-0.3, -0.25) is 14.5 Å². The number of ketones is 2. The van der Waals surface area contributed by atoms with E-state index in [9.17, 15) is 14.7 Å². The number of carbonyl (C=O) groups excluding carboxylic acids is 2. The molecule has 0 radical (unpaired) electrons. The van der Waals surface area contributed by atoms with Gasteiger partial charge in [0.05, 0.1) is 11.3 Å². The molecule has 4 nitrogen and oxygen atoms in total. The van der Waals surface area contributed by atoms with E-state index >= 15 is 0 Å². The first-order chi connectivity index (χ1) is 11.9. The van der Waals surface area contributed by atoms with Gasteiger partial charge in [0.25, 0.3) is 0 Å². The second kappa shape index (κ2) is 4.12. The molecule has 6 rings (SSSR count). The molecule has 25 heavy (non-hydrogen) atoms. The standard InChI is InChI=1S/C21H27NO3/c1-11-9-22-10-13-3-4-15-16(23)7-12-5-6-20(21(12,15)25)18(24)14(11)8-17(22)19(13,20)2/h7,11,13-15,17,25H,3-6,8-10H2,1-2H3/t11-,13-,14-,15-,17+,19-,20-,21-/m1/s1. The molecule has 4 heteroatoms. The molecule has 0 aromatic rings. The van der Waals surface area contributed by atoms with Crippen molar-refractivity contribution in [2.75, 3.05) is 13.1 Å². The number of piperidine rings is 1. The van der Waals surface area contributed by atoms with Crippen LogP contribution < -0.4 is 0 Å². The van der Waals surface area contributed by atoms with Gasteiger partial charge in [0, 0.05) is 30.5 Å². The normalized spacial score (nSPS) is 59.0. The van der Waals surface area contributed by atoms with Crippen LogP contribution >= 0.6 is 0 Å². The fourth-order valence-electron chi connectivity index (χ4n) is 8.66.